The van der Waals surface area contributed by atoms with Crippen LogP contribution in [0.5, 0.6) is 0 Å². The lowest BCUT2D eigenvalue weighted by atomic mass is 10.1. The quantitative estimate of drug-likeness (QED) is 0.790. The molecule has 0 aromatic carbocycles. The van der Waals surface area contributed by atoms with Crippen molar-refractivity contribution < 1.29 is 18.3 Å². The van der Waals surface area contributed by atoms with E-state index in [0.717, 1.165) is 26.1 Å². The van der Waals surface area contributed by atoms with Crippen molar-refractivity contribution in [2.45, 2.75) is 18.2 Å². The molecule has 0 saturated carbocycles. The molecular weight excluding hydrogens is 294 g/mol. The summed E-state index contributed by atoms with van der Waals surface area (Å²) in [4.78, 5) is 13.2. The first-order valence-corrected chi connectivity index (χ1v) is 8.43. The number of aromatic carboxylic acids is 1. The van der Waals surface area contributed by atoms with E-state index in [1.54, 1.807) is 0 Å². The zero-order chi connectivity index (χ0) is 15.6. The van der Waals surface area contributed by atoms with Crippen LogP contribution in [0.4, 0.5) is 0 Å². The maximum atomic E-state index is 12.2. The highest BCUT2D eigenvalue weighted by atomic mass is 32.2. The molecular formula is C13H21N3O4S. The predicted molar refractivity (Wildman–Crippen MR) is 77.8 cm³/mol. The fourth-order valence-corrected chi connectivity index (χ4v) is 3.76. The minimum atomic E-state index is -3.66. The standard InChI is InChI=1S/C13H21N3O4S/c1-3-16-5-4-10(8-16)7-14-21(19,20)11-6-12(13(17)18)15(2)9-11/h6,9-10,14H,3-5,7-8H2,1-2H3,(H,17,18). The molecule has 0 amide bonds. The highest BCUT2D eigenvalue weighted by molar-refractivity contribution is 7.89. The Morgan fingerprint density at radius 3 is 2.76 bits per heavy atom. The predicted octanol–water partition coefficient (Wildman–Crippen LogP) is 0.343. The number of sulfonamides is 1. The van der Waals surface area contributed by atoms with E-state index in [9.17, 15) is 13.2 Å². The molecule has 1 aromatic heterocycles. The Kier molecular flexibility index (Phi) is 4.70. The number of hydrogen-bond donors (Lipinski definition) is 2. The van der Waals surface area contributed by atoms with Crippen molar-refractivity contribution in [3.8, 4) is 0 Å². The van der Waals surface area contributed by atoms with Crippen LogP contribution in [-0.4, -0.2) is 55.1 Å². The number of nitrogens with one attached hydrogen (secondary N) is 1. The van der Waals surface area contributed by atoms with E-state index >= 15 is 0 Å². The fraction of sp³-hybridized carbons (Fsp3) is 0.615. The van der Waals surface area contributed by atoms with Crippen molar-refractivity contribution in [1.82, 2.24) is 14.2 Å². The Bertz CT molecular complexity index is 623. The molecule has 1 unspecified atom stereocenters. The third-order valence-corrected chi connectivity index (χ3v) is 5.28. The van der Waals surface area contributed by atoms with Crippen LogP contribution in [0.15, 0.2) is 17.2 Å². The van der Waals surface area contributed by atoms with Crippen molar-refractivity contribution in [3.63, 3.8) is 0 Å². The third kappa shape index (κ3) is 3.63. The van der Waals surface area contributed by atoms with Gasteiger partial charge in [-0.3, -0.25) is 0 Å². The summed E-state index contributed by atoms with van der Waals surface area (Å²) >= 11 is 0. The van der Waals surface area contributed by atoms with E-state index in [1.165, 1.54) is 23.9 Å². The van der Waals surface area contributed by atoms with Gasteiger partial charge in [0.15, 0.2) is 0 Å². The minimum absolute atomic E-state index is 0.00672. The minimum Gasteiger partial charge on any atom is -0.477 e. The molecule has 1 aromatic rings. The SMILES string of the molecule is CCN1CCC(CNS(=O)(=O)c2cc(C(=O)O)n(C)c2)C1. The molecule has 0 spiro atoms. The lowest BCUT2D eigenvalue weighted by Gasteiger charge is -2.13. The van der Waals surface area contributed by atoms with E-state index in [4.69, 9.17) is 5.11 Å². The molecule has 1 saturated heterocycles. The lowest BCUT2D eigenvalue weighted by molar-refractivity contribution is 0.0686. The molecule has 118 valence electrons. The lowest BCUT2D eigenvalue weighted by Crippen LogP contribution is -2.31. The number of carbonyl (C=O) groups is 1. The first-order valence-electron chi connectivity index (χ1n) is 6.95. The summed E-state index contributed by atoms with van der Waals surface area (Å²) in [7, 11) is -2.15. The molecule has 1 aliphatic heterocycles. The van der Waals surface area contributed by atoms with E-state index in [1.807, 2.05) is 0 Å². The van der Waals surface area contributed by atoms with Gasteiger partial charge in [0, 0.05) is 26.3 Å². The van der Waals surface area contributed by atoms with Crippen LogP contribution in [-0.2, 0) is 17.1 Å². The first-order chi connectivity index (χ1) is 9.83. The zero-order valence-electron chi connectivity index (χ0n) is 12.2. The normalized spacial score (nSPS) is 20.0. The second kappa shape index (κ2) is 6.17. The molecule has 1 aliphatic rings. The average molecular weight is 315 g/mol. The summed E-state index contributed by atoms with van der Waals surface area (Å²) in [5, 5.41) is 8.96. The summed E-state index contributed by atoms with van der Waals surface area (Å²) in [5.74, 6) is -0.837. The van der Waals surface area contributed by atoms with Crippen molar-refractivity contribution >= 4 is 16.0 Å². The van der Waals surface area contributed by atoms with Crippen LogP contribution in [0.25, 0.3) is 0 Å². The average Bonchev–Trinajstić information content (AvgIpc) is 3.02. The highest BCUT2D eigenvalue weighted by Crippen LogP contribution is 2.17. The van der Waals surface area contributed by atoms with Gasteiger partial charge < -0.3 is 14.6 Å². The maximum absolute atomic E-state index is 12.2. The first kappa shape index (κ1) is 16.0. The van der Waals surface area contributed by atoms with Crippen LogP contribution in [0.3, 0.4) is 0 Å². The van der Waals surface area contributed by atoms with Crippen LogP contribution in [0.2, 0.25) is 0 Å². The molecule has 2 rings (SSSR count). The van der Waals surface area contributed by atoms with Gasteiger partial charge in [0.05, 0.1) is 0 Å². The van der Waals surface area contributed by atoms with E-state index < -0.39 is 16.0 Å². The molecule has 2 N–H and O–H groups in total. The number of aromatic nitrogens is 1. The molecule has 0 bridgehead atoms. The monoisotopic (exact) mass is 315 g/mol. The topological polar surface area (TPSA) is 91.6 Å². The number of likely N-dealkylation sites (tertiary alicyclic amines) is 1. The smallest absolute Gasteiger partial charge is 0.352 e. The number of hydrogen-bond acceptors (Lipinski definition) is 4. The van der Waals surface area contributed by atoms with Gasteiger partial charge in [-0.2, -0.15) is 0 Å². The summed E-state index contributed by atoms with van der Waals surface area (Å²) in [6.45, 7) is 5.34. The summed E-state index contributed by atoms with van der Waals surface area (Å²) < 4.78 is 28.3. The van der Waals surface area contributed by atoms with E-state index in [0.29, 0.717) is 12.5 Å². The number of carboxylic acids is 1. The van der Waals surface area contributed by atoms with Gasteiger partial charge in [-0.1, -0.05) is 6.92 Å². The van der Waals surface area contributed by atoms with Crippen LogP contribution < -0.4 is 4.72 Å². The van der Waals surface area contributed by atoms with Crippen molar-refractivity contribution in [2.24, 2.45) is 13.0 Å². The molecule has 2 heterocycles. The van der Waals surface area contributed by atoms with Gasteiger partial charge in [0.25, 0.3) is 0 Å². The zero-order valence-corrected chi connectivity index (χ0v) is 13.1. The van der Waals surface area contributed by atoms with E-state index in [2.05, 4.69) is 16.5 Å². The molecule has 8 heteroatoms. The Labute approximate surface area is 124 Å². The van der Waals surface area contributed by atoms with Crippen molar-refractivity contribution in [3.05, 3.63) is 18.0 Å². The second-order valence-electron chi connectivity index (χ2n) is 5.38. The molecule has 0 radical (unpaired) electrons. The summed E-state index contributed by atoms with van der Waals surface area (Å²) in [5.41, 5.74) is -0.0478. The number of carboxylic acid groups (broad SMARTS) is 1. The van der Waals surface area contributed by atoms with Gasteiger partial charge in [-0.05, 0) is 31.5 Å². The van der Waals surface area contributed by atoms with Crippen LogP contribution in [0, 0.1) is 5.92 Å². The van der Waals surface area contributed by atoms with Gasteiger partial charge in [0.2, 0.25) is 10.0 Å². The van der Waals surface area contributed by atoms with Gasteiger partial charge in [0.1, 0.15) is 10.6 Å². The van der Waals surface area contributed by atoms with Crippen LogP contribution in [0.1, 0.15) is 23.8 Å². The number of nitrogens with zero attached hydrogens (tertiary/aromatic N) is 2. The Morgan fingerprint density at radius 2 is 2.24 bits per heavy atom. The van der Waals surface area contributed by atoms with Crippen LogP contribution >= 0.6 is 0 Å². The molecule has 21 heavy (non-hydrogen) atoms. The second-order valence-corrected chi connectivity index (χ2v) is 7.14. The van der Waals surface area contributed by atoms with Crippen molar-refractivity contribution in [2.75, 3.05) is 26.2 Å². The summed E-state index contributed by atoms with van der Waals surface area (Å²) in [6.07, 6.45) is 2.30. The number of aryl methyl sites for hydroxylation is 1. The van der Waals surface area contributed by atoms with Gasteiger partial charge in [-0.15, -0.1) is 0 Å². The third-order valence-electron chi connectivity index (χ3n) is 3.89. The van der Waals surface area contributed by atoms with E-state index in [-0.39, 0.29) is 10.6 Å². The molecule has 1 fully saturated rings. The molecule has 0 aliphatic carbocycles. The summed E-state index contributed by atoms with van der Waals surface area (Å²) in [6, 6.07) is 1.18. The van der Waals surface area contributed by atoms with Gasteiger partial charge >= 0.3 is 5.97 Å². The Morgan fingerprint density at radius 1 is 1.52 bits per heavy atom. The maximum Gasteiger partial charge on any atom is 0.352 e. The fourth-order valence-electron chi connectivity index (χ4n) is 2.57. The Balaban J connectivity index is 2.02. The highest BCUT2D eigenvalue weighted by Gasteiger charge is 2.25. The van der Waals surface area contributed by atoms with Crippen molar-refractivity contribution in [1.29, 1.82) is 0 Å². The molecule has 7 nitrogen and oxygen atoms in total. The number of rotatable bonds is 6. The largest absolute Gasteiger partial charge is 0.477 e. The van der Waals surface area contributed by atoms with Gasteiger partial charge in [-0.25, -0.2) is 17.9 Å². The Hall–Kier alpha value is -1.38. The molecule has 1 atom stereocenters.